The molecule has 6 heteroatoms. The number of nitrogens with zero attached hydrogens (tertiary/aromatic N) is 4. The summed E-state index contributed by atoms with van der Waals surface area (Å²) in [5.74, 6) is 0.887. The molecular weight excluding hydrogens is 422 g/mol. The Morgan fingerprint density at radius 3 is 2.26 bits per heavy atom. The zero-order valence-electron chi connectivity index (χ0n) is 18.7. The lowest BCUT2D eigenvalue weighted by molar-refractivity contribution is 0.0747. The molecule has 1 aliphatic rings. The first-order valence-electron chi connectivity index (χ1n) is 11.2. The van der Waals surface area contributed by atoms with Crippen LogP contribution in [0, 0.1) is 0 Å². The largest absolute Gasteiger partial charge is 0.332 e. The number of nitrogens with one attached hydrogen (secondary N) is 1. The smallest absolute Gasteiger partial charge is 0.259 e. The molecule has 0 spiro atoms. The molecule has 1 N–H and O–H groups in total. The van der Waals surface area contributed by atoms with Crippen molar-refractivity contribution < 1.29 is 4.79 Å². The van der Waals surface area contributed by atoms with Gasteiger partial charge in [0.05, 0.1) is 6.04 Å². The first kappa shape index (κ1) is 21.4. The predicted octanol–water partition coefficient (Wildman–Crippen LogP) is 5.57. The van der Waals surface area contributed by atoms with Crippen LogP contribution in [-0.4, -0.2) is 33.4 Å². The molecule has 0 aliphatic carbocycles. The molecule has 5 rings (SSSR count). The third kappa shape index (κ3) is 4.38. The topological polar surface area (TPSA) is 61.4 Å². The van der Waals surface area contributed by atoms with Crippen LogP contribution in [0.1, 0.15) is 15.9 Å². The van der Waals surface area contributed by atoms with Crippen LogP contribution in [-0.2, 0) is 6.54 Å². The van der Waals surface area contributed by atoms with E-state index in [4.69, 9.17) is 4.98 Å². The van der Waals surface area contributed by atoms with Gasteiger partial charge in [0.25, 0.3) is 5.91 Å². The second kappa shape index (κ2) is 9.58. The second-order valence-corrected chi connectivity index (χ2v) is 8.10. The molecule has 34 heavy (non-hydrogen) atoms. The van der Waals surface area contributed by atoms with Crippen LogP contribution in [0.2, 0.25) is 0 Å². The monoisotopic (exact) mass is 447 g/mol. The van der Waals surface area contributed by atoms with Gasteiger partial charge in [-0.1, -0.05) is 72.8 Å². The molecule has 0 fully saturated rings. The van der Waals surface area contributed by atoms with E-state index in [9.17, 15) is 4.79 Å². The molecule has 1 aromatic heterocycles. The van der Waals surface area contributed by atoms with Gasteiger partial charge < -0.3 is 15.1 Å². The van der Waals surface area contributed by atoms with Crippen molar-refractivity contribution in [3.63, 3.8) is 0 Å². The van der Waals surface area contributed by atoms with Gasteiger partial charge in [-0.15, -0.1) is 6.58 Å². The highest BCUT2D eigenvalue weighted by atomic mass is 16.2. The summed E-state index contributed by atoms with van der Waals surface area (Å²) >= 11 is 0. The zero-order valence-corrected chi connectivity index (χ0v) is 18.7. The number of anilines is 4. The molecule has 168 valence electrons. The Hall–Kier alpha value is -4.45. The van der Waals surface area contributed by atoms with E-state index in [1.54, 1.807) is 6.20 Å². The van der Waals surface area contributed by atoms with E-state index < -0.39 is 0 Å². The maximum absolute atomic E-state index is 13.7. The van der Waals surface area contributed by atoms with Gasteiger partial charge in [-0.25, -0.2) is 4.98 Å². The van der Waals surface area contributed by atoms with Crippen LogP contribution in [0.4, 0.5) is 23.1 Å². The Kier molecular flexibility index (Phi) is 6.03. The first-order valence-corrected chi connectivity index (χ1v) is 11.2. The normalized spacial score (nSPS) is 15.4. The molecule has 0 saturated carbocycles. The van der Waals surface area contributed by atoms with Crippen LogP contribution < -0.4 is 10.2 Å². The van der Waals surface area contributed by atoms with Crippen molar-refractivity contribution in [3.8, 4) is 0 Å². The molecule has 1 aliphatic heterocycles. The van der Waals surface area contributed by atoms with Crippen LogP contribution >= 0.6 is 0 Å². The molecule has 0 bridgehead atoms. The fraction of sp³-hybridized carbons (Fsp3) is 0.107. The van der Waals surface area contributed by atoms with E-state index >= 15 is 0 Å². The number of rotatable bonds is 6. The van der Waals surface area contributed by atoms with Crippen molar-refractivity contribution in [2.75, 3.05) is 16.8 Å². The summed E-state index contributed by atoms with van der Waals surface area (Å²) in [5, 5.41) is 3.25. The van der Waals surface area contributed by atoms with E-state index in [1.165, 1.54) is 0 Å². The summed E-state index contributed by atoms with van der Waals surface area (Å²) in [6.07, 6.45) is 3.50. The first-order chi connectivity index (χ1) is 16.7. The molecule has 1 amide bonds. The molecule has 2 heterocycles. The van der Waals surface area contributed by atoms with E-state index in [1.807, 2.05) is 102 Å². The highest BCUT2D eigenvalue weighted by Crippen LogP contribution is 2.34. The number of aromatic nitrogens is 2. The number of carbonyl (C=O) groups excluding carboxylic acids is 1. The van der Waals surface area contributed by atoms with Crippen molar-refractivity contribution >= 4 is 29.0 Å². The van der Waals surface area contributed by atoms with Gasteiger partial charge in [-0.2, -0.15) is 4.98 Å². The minimum atomic E-state index is -0.171. The minimum absolute atomic E-state index is 0.101. The highest BCUT2D eigenvalue weighted by molar-refractivity contribution is 6.00. The summed E-state index contributed by atoms with van der Waals surface area (Å²) in [6.45, 7) is 5.06. The maximum Gasteiger partial charge on any atom is 0.259 e. The number of carbonyl (C=O) groups is 1. The van der Waals surface area contributed by atoms with Crippen molar-refractivity contribution in [2.24, 2.45) is 0 Å². The number of para-hydroxylation sites is 2. The average molecular weight is 448 g/mol. The van der Waals surface area contributed by atoms with Crippen LogP contribution in [0.5, 0.6) is 0 Å². The second-order valence-electron chi connectivity index (χ2n) is 8.10. The Bertz CT molecular complexity index is 1280. The number of hydrogen-bond donors (Lipinski definition) is 1. The third-order valence-corrected chi connectivity index (χ3v) is 5.81. The quantitative estimate of drug-likeness (QED) is 0.392. The number of hydrogen-bond acceptors (Lipinski definition) is 5. The summed E-state index contributed by atoms with van der Waals surface area (Å²) < 4.78 is 0. The van der Waals surface area contributed by atoms with Crippen molar-refractivity contribution in [1.29, 1.82) is 0 Å². The summed E-state index contributed by atoms with van der Waals surface area (Å²) in [5.41, 5.74) is 3.34. The van der Waals surface area contributed by atoms with E-state index in [0.29, 0.717) is 30.4 Å². The molecular formula is C28H25N5O. The summed E-state index contributed by atoms with van der Waals surface area (Å²) in [7, 11) is 0. The van der Waals surface area contributed by atoms with Crippen LogP contribution in [0.3, 0.4) is 0 Å². The number of benzene rings is 3. The molecule has 6 nitrogen and oxygen atoms in total. The van der Waals surface area contributed by atoms with Gasteiger partial charge in [-0.3, -0.25) is 4.79 Å². The lowest BCUT2D eigenvalue weighted by Gasteiger charge is -2.31. The van der Waals surface area contributed by atoms with E-state index in [2.05, 4.69) is 21.8 Å². The predicted molar refractivity (Wildman–Crippen MR) is 136 cm³/mol. The highest BCUT2D eigenvalue weighted by Gasteiger charge is 2.34. The molecule has 1 atom stereocenters. The van der Waals surface area contributed by atoms with Gasteiger partial charge in [-0.05, 0) is 29.8 Å². The lowest BCUT2D eigenvalue weighted by atomic mass is 10.1. The summed E-state index contributed by atoms with van der Waals surface area (Å²) in [6, 6.07) is 29.5. The van der Waals surface area contributed by atoms with Gasteiger partial charge in [0.15, 0.2) is 5.82 Å². The lowest BCUT2D eigenvalue weighted by Crippen LogP contribution is -2.39. The van der Waals surface area contributed by atoms with E-state index in [0.717, 1.165) is 16.9 Å². The molecule has 3 aromatic carbocycles. The van der Waals surface area contributed by atoms with E-state index in [-0.39, 0.29) is 11.9 Å². The van der Waals surface area contributed by atoms with Crippen molar-refractivity contribution in [2.45, 2.75) is 12.6 Å². The van der Waals surface area contributed by atoms with Crippen molar-refractivity contribution in [3.05, 3.63) is 121 Å². The standard InChI is InChI=1S/C28H25N5O/c1-2-23-20-32(19-21-12-6-3-7-13-21)27(34)25-18-29-28(30-22-14-8-4-9-15-22)31-26(25)33(23)24-16-10-5-11-17-24/h2-18,23H,1,19-20H2,(H,29,30,31). The third-order valence-electron chi connectivity index (χ3n) is 5.81. The minimum Gasteiger partial charge on any atom is -0.332 e. The van der Waals surface area contributed by atoms with Gasteiger partial charge in [0.2, 0.25) is 5.95 Å². The molecule has 4 aromatic rings. The van der Waals surface area contributed by atoms with Crippen molar-refractivity contribution in [1.82, 2.24) is 14.9 Å². The van der Waals surface area contributed by atoms with Crippen LogP contribution in [0.25, 0.3) is 0 Å². The van der Waals surface area contributed by atoms with Crippen LogP contribution in [0.15, 0.2) is 110 Å². The Balaban J connectivity index is 1.60. The average Bonchev–Trinajstić information content (AvgIpc) is 3.00. The Labute approximate surface area is 199 Å². The van der Waals surface area contributed by atoms with Gasteiger partial charge >= 0.3 is 0 Å². The fourth-order valence-corrected chi connectivity index (χ4v) is 4.16. The van der Waals surface area contributed by atoms with Gasteiger partial charge in [0.1, 0.15) is 5.56 Å². The molecule has 0 radical (unpaired) electrons. The maximum atomic E-state index is 13.7. The SMILES string of the molecule is C=CC1CN(Cc2ccccc2)C(=O)c2cnc(Nc3ccccc3)nc2N1c1ccccc1. The Morgan fingerprint density at radius 2 is 1.59 bits per heavy atom. The molecule has 1 unspecified atom stereocenters. The summed E-state index contributed by atoms with van der Waals surface area (Å²) in [4.78, 5) is 26.9. The number of fused-ring (bicyclic) bond motifs is 1. The molecule has 0 saturated heterocycles. The fourth-order valence-electron chi connectivity index (χ4n) is 4.16. The number of amides is 1. The Morgan fingerprint density at radius 1 is 0.941 bits per heavy atom. The zero-order chi connectivity index (χ0) is 23.3. The van der Waals surface area contributed by atoms with Gasteiger partial charge in [0, 0.05) is 30.7 Å².